The Balaban J connectivity index is 5.17. The molecule has 0 aliphatic rings. The molecule has 0 radical (unpaired) electrons. The van der Waals surface area contributed by atoms with E-state index >= 15 is 0 Å². The summed E-state index contributed by atoms with van der Waals surface area (Å²) >= 11 is 0. The monoisotopic (exact) mass is 360 g/mol. The van der Waals surface area contributed by atoms with Crippen molar-refractivity contribution in [1.29, 1.82) is 0 Å². The van der Waals surface area contributed by atoms with Crippen molar-refractivity contribution in [2.24, 2.45) is 0 Å². The smallest absolute Gasteiger partial charge is 0.264 e. The van der Waals surface area contributed by atoms with Gasteiger partial charge >= 0.3 is 0 Å². The Morgan fingerprint density at radius 3 is 1.52 bits per heavy atom. The Labute approximate surface area is 130 Å². The highest BCUT2D eigenvalue weighted by atomic mass is 32.2. The molecule has 0 heterocycles. The van der Waals surface area contributed by atoms with Gasteiger partial charge < -0.3 is 3.87 Å². The molecule has 0 aromatic heterocycles. The van der Waals surface area contributed by atoms with Crippen molar-refractivity contribution in [1.82, 2.24) is 0 Å². The van der Waals surface area contributed by atoms with Crippen molar-refractivity contribution in [2.75, 3.05) is 11.5 Å². The molecule has 0 atom stereocenters. The van der Waals surface area contributed by atoms with Gasteiger partial charge in [0.05, 0.1) is 11.5 Å². The average Bonchev–Trinajstić information content (AvgIpc) is 2.22. The van der Waals surface area contributed by atoms with Crippen molar-refractivity contribution in [3.05, 3.63) is 0 Å². The van der Waals surface area contributed by atoms with Gasteiger partial charge in [0.25, 0.3) is 20.2 Å². The third-order valence-electron chi connectivity index (χ3n) is 3.78. The molecule has 0 bridgehead atoms. The van der Waals surface area contributed by atoms with Crippen molar-refractivity contribution in [2.45, 2.75) is 64.6 Å². The molecule has 6 nitrogen and oxygen atoms in total. The summed E-state index contributed by atoms with van der Waals surface area (Å²) in [4.78, 5) is 0. The van der Waals surface area contributed by atoms with Gasteiger partial charge in [-0.2, -0.15) is 8.42 Å². The Kier molecular flexibility index (Phi) is 7.55. The van der Waals surface area contributed by atoms with Crippen LogP contribution in [-0.4, -0.2) is 41.2 Å². The zero-order valence-corrected chi connectivity index (χ0v) is 16.3. The normalized spacial score (nSPS) is 14.4. The van der Waals surface area contributed by atoms with E-state index in [0.717, 1.165) is 0 Å². The van der Waals surface area contributed by atoms with Crippen LogP contribution in [0.5, 0.6) is 0 Å². The first-order chi connectivity index (χ1) is 9.24. The summed E-state index contributed by atoms with van der Waals surface area (Å²) in [5.74, 6) is -0.969. The van der Waals surface area contributed by atoms with E-state index in [9.17, 15) is 16.8 Å². The van der Waals surface area contributed by atoms with Crippen LogP contribution in [0.2, 0.25) is 16.6 Å². The third-order valence-corrected chi connectivity index (χ3v) is 13.0. The van der Waals surface area contributed by atoms with Gasteiger partial charge in [-0.25, -0.2) is 8.42 Å². The van der Waals surface area contributed by atoms with E-state index in [1.165, 1.54) is 0 Å². The molecule has 9 heteroatoms. The minimum absolute atomic E-state index is 0.119. The van der Waals surface area contributed by atoms with Gasteiger partial charge in [0.2, 0.25) is 8.32 Å². The molecular weight excluding hydrogens is 332 g/mol. The molecule has 0 aromatic carbocycles. The van der Waals surface area contributed by atoms with Crippen LogP contribution in [0.3, 0.4) is 0 Å². The summed E-state index contributed by atoms with van der Waals surface area (Å²) in [6, 6.07) is 0. The van der Waals surface area contributed by atoms with Gasteiger partial charge in [-0.3, -0.25) is 4.55 Å². The summed E-state index contributed by atoms with van der Waals surface area (Å²) < 4.78 is 60.0. The van der Waals surface area contributed by atoms with Crippen LogP contribution in [-0.2, 0) is 24.1 Å². The second kappa shape index (κ2) is 7.54. The van der Waals surface area contributed by atoms with Crippen LogP contribution in [0.15, 0.2) is 0 Å². The minimum Gasteiger partial charge on any atom is -0.314 e. The highest BCUT2D eigenvalue weighted by Crippen LogP contribution is 2.43. The number of hydrogen-bond donors (Lipinski definition) is 1. The van der Waals surface area contributed by atoms with Gasteiger partial charge in [-0.15, -0.1) is 0 Å². The fraction of sp³-hybridized carbons (Fsp3) is 1.00. The molecule has 0 amide bonds. The van der Waals surface area contributed by atoms with E-state index in [1.54, 1.807) is 0 Å². The van der Waals surface area contributed by atoms with Gasteiger partial charge in [0.15, 0.2) is 0 Å². The van der Waals surface area contributed by atoms with Gasteiger partial charge in [0.1, 0.15) is 0 Å². The number of rotatable bonds is 9. The lowest BCUT2D eigenvalue weighted by Gasteiger charge is -2.40. The van der Waals surface area contributed by atoms with E-state index in [2.05, 4.69) is 0 Å². The lowest BCUT2D eigenvalue weighted by atomic mass is 10.5. The second-order valence-corrected chi connectivity index (χ2v) is 15.2. The second-order valence-electron chi connectivity index (χ2n) is 6.30. The molecule has 0 spiro atoms. The molecule has 0 unspecified atom stereocenters. The van der Waals surface area contributed by atoms with E-state index in [4.69, 9.17) is 8.42 Å². The fourth-order valence-electron chi connectivity index (χ4n) is 2.97. The molecule has 0 aliphatic heterocycles. The molecule has 0 rings (SSSR count). The molecule has 0 saturated heterocycles. The third kappa shape index (κ3) is 6.35. The van der Waals surface area contributed by atoms with Gasteiger partial charge in [-0.1, -0.05) is 41.5 Å². The maximum Gasteiger partial charge on any atom is 0.264 e. The Morgan fingerprint density at radius 1 is 0.857 bits per heavy atom. The van der Waals surface area contributed by atoms with Crippen molar-refractivity contribution in [3.63, 3.8) is 0 Å². The van der Waals surface area contributed by atoms with Gasteiger partial charge in [-0.05, 0) is 23.0 Å². The zero-order chi connectivity index (χ0) is 17.1. The maximum absolute atomic E-state index is 12.2. The maximum atomic E-state index is 12.2. The minimum atomic E-state index is -4.15. The molecule has 0 aromatic rings. The van der Waals surface area contributed by atoms with Crippen LogP contribution in [0.4, 0.5) is 0 Å². The quantitative estimate of drug-likeness (QED) is 0.501. The molecule has 21 heavy (non-hydrogen) atoms. The fourth-order valence-corrected chi connectivity index (χ4v) is 12.6. The summed E-state index contributed by atoms with van der Waals surface area (Å²) in [5.41, 5.74) is 0.358. The summed E-state index contributed by atoms with van der Waals surface area (Å²) in [5, 5.41) is 0. The highest BCUT2D eigenvalue weighted by molar-refractivity contribution is 7.88. The Hall–Kier alpha value is 0.0369. The molecule has 0 fully saturated rings. The van der Waals surface area contributed by atoms with Gasteiger partial charge in [0, 0.05) is 0 Å². The first-order valence-corrected chi connectivity index (χ1v) is 12.5. The predicted octanol–water partition coefficient (Wildman–Crippen LogP) is 2.79. The van der Waals surface area contributed by atoms with Crippen LogP contribution in [0.1, 0.15) is 48.0 Å². The molecule has 128 valence electrons. The Morgan fingerprint density at radius 2 is 1.24 bits per heavy atom. The molecule has 1 N–H and O–H groups in total. The van der Waals surface area contributed by atoms with E-state index < -0.39 is 40.1 Å². The molecule has 0 aliphatic carbocycles. The largest absolute Gasteiger partial charge is 0.314 e. The number of hydrogen-bond acceptors (Lipinski definition) is 5. The average molecular weight is 361 g/mol. The Bertz CT molecular complexity index is 500. The van der Waals surface area contributed by atoms with Crippen molar-refractivity contribution < 1.29 is 25.3 Å². The van der Waals surface area contributed by atoms with E-state index in [-0.39, 0.29) is 23.0 Å². The topological polar surface area (TPSA) is 97.7 Å². The van der Waals surface area contributed by atoms with Crippen LogP contribution in [0.25, 0.3) is 0 Å². The summed E-state index contributed by atoms with van der Waals surface area (Å²) in [7, 11) is -10.5. The first-order valence-electron chi connectivity index (χ1n) is 7.13. The predicted molar refractivity (Wildman–Crippen MR) is 87.0 cm³/mol. The molecule has 0 saturated carbocycles. The van der Waals surface area contributed by atoms with Crippen LogP contribution < -0.4 is 0 Å². The van der Waals surface area contributed by atoms with Crippen LogP contribution >= 0.6 is 0 Å². The van der Waals surface area contributed by atoms with Crippen LogP contribution in [0, 0.1) is 0 Å². The SMILES string of the molecule is CC(C)[Si](OS(=O)(=O)CCCS(=O)(=O)O)(C(C)C)C(C)C. The first kappa shape index (κ1) is 21.0. The van der Waals surface area contributed by atoms with E-state index in [0.29, 0.717) is 0 Å². The lowest BCUT2D eigenvalue weighted by molar-refractivity contribution is 0.446. The van der Waals surface area contributed by atoms with Crippen molar-refractivity contribution >= 4 is 28.6 Å². The summed E-state index contributed by atoms with van der Waals surface area (Å²) in [6.45, 7) is 11.8. The zero-order valence-electron chi connectivity index (χ0n) is 13.7. The van der Waals surface area contributed by atoms with Crippen molar-refractivity contribution in [3.8, 4) is 0 Å². The lowest BCUT2D eigenvalue weighted by Crippen LogP contribution is -2.49. The summed E-state index contributed by atoms with van der Waals surface area (Å²) in [6.07, 6.45) is -0.167. The highest BCUT2D eigenvalue weighted by Gasteiger charge is 2.48. The standard InChI is InChI=1S/C12H28O6S2Si/c1-10(2)21(11(3)4,12(5)6)18-20(16,17)9-7-8-19(13,14)15/h10-12H,7-9H2,1-6H3,(H,13,14,15). The van der Waals surface area contributed by atoms with E-state index in [1.807, 2.05) is 41.5 Å². The molecular formula is C12H28O6S2Si.